The lowest BCUT2D eigenvalue weighted by Gasteiger charge is -2.41. The normalized spacial score (nSPS) is 21.4. The first-order valence-electron chi connectivity index (χ1n) is 7.32. The number of piperazine rings is 1. The second-order valence-electron chi connectivity index (χ2n) is 6.08. The van der Waals surface area contributed by atoms with Crippen LogP contribution in [0.15, 0.2) is 4.60 Å². The van der Waals surface area contributed by atoms with Gasteiger partial charge in [0, 0.05) is 32.7 Å². The van der Waals surface area contributed by atoms with Crippen LogP contribution in [0.25, 0.3) is 0 Å². The van der Waals surface area contributed by atoms with Gasteiger partial charge in [-0.2, -0.15) is 0 Å². The van der Waals surface area contributed by atoms with Crippen molar-refractivity contribution in [3.05, 3.63) is 16.1 Å². The minimum absolute atomic E-state index is 0.0141. The van der Waals surface area contributed by atoms with Crippen LogP contribution in [-0.2, 0) is 18.5 Å². The molecule has 2 aliphatic heterocycles. The molecule has 0 atom stereocenters. The predicted octanol–water partition coefficient (Wildman–Crippen LogP) is 2.12. The lowest BCUT2D eigenvalue weighted by atomic mass is 9.99. The summed E-state index contributed by atoms with van der Waals surface area (Å²) in [6.45, 7) is 10.1. The molecular formula is C14H23BrN4. The Balaban J connectivity index is 1.96. The average Bonchev–Trinajstić information content (AvgIpc) is 2.79. The van der Waals surface area contributed by atoms with Crippen molar-refractivity contribution >= 4 is 15.9 Å². The highest BCUT2D eigenvalue weighted by Crippen LogP contribution is 2.33. The second-order valence-corrected chi connectivity index (χ2v) is 6.83. The second kappa shape index (κ2) is 5.19. The molecule has 1 N–H and O–H groups in total. The molecule has 1 saturated heterocycles. The van der Waals surface area contributed by atoms with Crippen LogP contribution in [0.5, 0.6) is 0 Å². The van der Waals surface area contributed by atoms with E-state index in [4.69, 9.17) is 4.98 Å². The Labute approximate surface area is 123 Å². The molecule has 0 spiro atoms. The Bertz CT molecular complexity index is 460. The van der Waals surface area contributed by atoms with Crippen LogP contribution in [0.2, 0.25) is 0 Å². The maximum absolute atomic E-state index is 4.86. The van der Waals surface area contributed by atoms with Gasteiger partial charge in [0.05, 0.1) is 11.2 Å². The Kier molecular flexibility index (Phi) is 3.71. The number of hydrogen-bond acceptors (Lipinski definition) is 3. The fraction of sp³-hybridized carbons (Fsp3) is 0.786. The largest absolute Gasteiger partial charge is 0.329 e. The highest BCUT2D eigenvalue weighted by atomic mass is 79.9. The zero-order valence-corrected chi connectivity index (χ0v) is 13.5. The summed E-state index contributed by atoms with van der Waals surface area (Å²) in [4.78, 5) is 7.41. The van der Waals surface area contributed by atoms with Gasteiger partial charge in [0.25, 0.3) is 0 Å². The number of nitrogens with zero attached hydrogens (tertiary/aromatic N) is 3. The van der Waals surface area contributed by atoms with Crippen molar-refractivity contribution in [3.8, 4) is 0 Å². The molecule has 19 heavy (non-hydrogen) atoms. The number of nitrogens with one attached hydrogen (secondary N) is 1. The summed E-state index contributed by atoms with van der Waals surface area (Å²) in [5.74, 6) is 1.23. The van der Waals surface area contributed by atoms with E-state index in [1.807, 2.05) is 0 Å². The molecule has 0 radical (unpaired) electrons. The third kappa shape index (κ3) is 2.36. The Morgan fingerprint density at radius 3 is 2.63 bits per heavy atom. The molecule has 0 bridgehead atoms. The first-order valence-corrected chi connectivity index (χ1v) is 8.11. The maximum atomic E-state index is 4.86. The first-order chi connectivity index (χ1) is 9.10. The minimum Gasteiger partial charge on any atom is -0.329 e. The van der Waals surface area contributed by atoms with E-state index in [1.54, 1.807) is 0 Å². The molecule has 3 heterocycles. The van der Waals surface area contributed by atoms with Crippen LogP contribution >= 0.6 is 15.9 Å². The van der Waals surface area contributed by atoms with Crippen molar-refractivity contribution in [2.24, 2.45) is 0 Å². The molecule has 0 aliphatic carbocycles. The molecule has 2 aliphatic rings. The number of halogens is 1. The molecule has 0 aromatic carbocycles. The van der Waals surface area contributed by atoms with Gasteiger partial charge in [-0.15, -0.1) is 0 Å². The SMILES string of the molecule is CC(C)(c1nc(Br)c2n1CCCC2)N1CCNCC1. The van der Waals surface area contributed by atoms with E-state index in [-0.39, 0.29) is 5.54 Å². The van der Waals surface area contributed by atoms with Crippen molar-refractivity contribution < 1.29 is 0 Å². The fourth-order valence-corrected chi connectivity index (χ4v) is 3.91. The van der Waals surface area contributed by atoms with Gasteiger partial charge in [-0.05, 0) is 49.0 Å². The highest BCUT2D eigenvalue weighted by Gasteiger charge is 2.35. The highest BCUT2D eigenvalue weighted by molar-refractivity contribution is 9.10. The van der Waals surface area contributed by atoms with E-state index in [0.717, 1.165) is 43.7 Å². The molecule has 1 fully saturated rings. The van der Waals surface area contributed by atoms with Gasteiger partial charge in [0.15, 0.2) is 0 Å². The Hall–Kier alpha value is -0.390. The summed E-state index contributed by atoms with van der Waals surface area (Å²) in [5, 5.41) is 3.43. The average molecular weight is 327 g/mol. The molecule has 0 amide bonds. The van der Waals surface area contributed by atoms with Gasteiger partial charge in [-0.1, -0.05) is 0 Å². The third-order valence-corrected chi connectivity index (χ3v) is 5.16. The topological polar surface area (TPSA) is 33.1 Å². The van der Waals surface area contributed by atoms with E-state index in [1.165, 1.54) is 24.4 Å². The predicted molar refractivity (Wildman–Crippen MR) is 80.3 cm³/mol. The van der Waals surface area contributed by atoms with Gasteiger partial charge >= 0.3 is 0 Å². The molecule has 0 unspecified atom stereocenters. The molecular weight excluding hydrogens is 304 g/mol. The zero-order valence-electron chi connectivity index (χ0n) is 11.9. The smallest absolute Gasteiger partial charge is 0.130 e. The maximum Gasteiger partial charge on any atom is 0.130 e. The zero-order chi connectivity index (χ0) is 13.5. The standard InChI is InChI=1S/C14H23BrN4/c1-14(2,18-9-6-16-7-10-18)13-17-12(15)11-5-3-4-8-19(11)13/h16H,3-10H2,1-2H3. The van der Waals surface area contributed by atoms with Gasteiger partial charge < -0.3 is 9.88 Å². The monoisotopic (exact) mass is 326 g/mol. The van der Waals surface area contributed by atoms with E-state index in [9.17, 15) is 0 Å². The molecule has 5 heteroatoms. The Morgan fingerprint density at radius 2 is 1.89 bits per heavy atom. The van der Waals surface area contributed by atoms with E-state index >= 15 is 0 Å². The number of aromatic nitrogens is 2. The third-order valence-electron chi connectivity index (χ3n) is 4.52. The van der Waals surface area contributed by atoms with Crippen molar-refractivity contribution in [1.82, 2.24) is 19.8 Å². The molecule has 1 aromatic heterocycles. The van der Waals surface area contributed by atoms with Gasteiger partial charge in [-0.3, -0.25) is 4.90 Å². The quantitative estimate of drug-likeness (QED) is 0.903. The fourth-order valence-electron chi connectivity index (χ4n) is 3.33. The number of hydrogen-bond donors (Lipinski definition) is 1. The van der Waals surface area contributed by atoms with Gasteiger partial charge in [-0.25, -0.2) is 4.98 Å². The van der Waals surface area contributed by atoms with Crippen LogP contribution in [0, 0.1) is 0 Å². The van der Waals surface area contributed by atoms with E-state index in [0.29, 0.717) is 0 Å². The summed E-state index contributed by atoms with van der Waals surface area (Å²) in [6.07, 6.45) is 3.73. The number of imidazole rings is 1. The number of fused-ring (bicyclic) bond motifs is 1. The molecule has 1 aromatic rings. The molecule has 3 rings (SSSR count). The van der Waals surface area contributed by atoms with Crippen LogP contribution in [0.3, 0.4) is 0 Å². The van der Waals surface area contributed by atoms with Gasteiger partial charge in [0.1, 0.15) is 10.4 Å². The van der Waals surface area contributed by atoms with Crippen molar-refractivity contribution in [2.45, 2.75) is 45.2 Å². The molecule has 0 saturated carbocycles. The summed E-state index contributed by atoms with van der Waals surface area (Å²) in [5.41, 5.74) is 1.41. The first kappa shape index (κ1) is 13.6. The summed E-state index contributed by atoms with van der Waals surface area (Å²) in [7, 11) is 0. The van der Waals surface area contributed by atoms with Crippen LogP contribution in [0.1, 0.15) is 38.2 Å². The molecule has 106 valence electrons. The van der Waals surface area contributed by atoms with Crippen LogP contribution < -0.4 is 5.32 Å². The van der Waals surface area contributed by atoms with Crippen molar-refractivity contribution in [1.29, 1.82) is 0 Å². The van der Waals surface area contributed by atoms with E-state index < -0.39 is 0 Å². The summed E-state index contributed by atoms with van der Waals surface area (Å²) in [6, 6.07) is 0. The lowest BCUT2D eigenvalue weighted by Crippen LogP contribution is -2.52. The molecule has 4 nitrogen and oxygen atoms in total. The summed E-state index contributed by atoms with van der Waals surface area (Å²) < 4.78 is 3.51. The van der Waals surface area contributed by atoms with Crippen LogP contribution in [-0.4, -0.2) is 40.6 Å². The van der Waals surface area contributed by atoms with Crippen LogP contribution in [0.4, 0.5) is 0 Å². The summed E-state index contributed by atoms with van der Waals surface area (Å²) >= 11 is 3.66. The van der Waals surface area contributed by atoms with Crippen molar-refractivity contribution in [3.63, 3.8) is 0 Å². The van der Waals surface area contributed by atoms with Gasteiger partial charge in [0.2, 0.25) is 0 Å². The minimum atomic E-state index is 0.0141. The number of rotatable bonds is 2. The van der Waals surface area contributed by atoms with E-state index in [2.05, 4.69) is 44.6 Å². The van der Waals surface area contributed by atoms with Crippen molar-refractivity contribution in [2.75, 3.05) is 26.2 Å². The Morgan fingerprint density at radius 1 is 1.16 bits per heavy atom. The lowest BCUT2D eigenvalue weighted by molar-refractivity contribution is 0.0907.